The molecule has 1 saturated heterocycles. The summed E-state index contributed by atoms with van der Waals surface area (Å²) in [5.41, 5.74) is 1.62. The van der Waals surface area contributed by atoms with Crippen molar-refractivity contribution in [1.29, 1.82) is 0 Å². The molecule has 0 N–H and O–H groups in total. The minimum absolute atomic E-state index is 0.158. The Balaban J connectivity index is 2.11. The smallest absolute Gasteiger partial charge is 0.334 e. The summed E-state index contributed by atoms with van der Waals surface area (Å²) in [6.45, 7) is 2.77. The summed E-state index contributed by atoms with van der Waals surface area (Å²) < 4.78 is 10.8. The third-order valence-electron chi connectivity index (χ3n) is 3.57. The van der Waals surface area contributed by atoms with Crippen molar-refractivity contribution in [3.8, 4) is 0 Å². The van der Waals surface area contributed by atoms with Crippen LogP contribution in [0.4, 0.5) is 0 Å². The van der Waals surface area contributed by atoms with Crippen LogP contribution in [-0.4, -0.2) is 31.6 Å². The average molecular weight is 252 g/mol. The molecular formula is C14H20O4. The monoisotopic (exact) mass is 252 g/mol. The fourth-order valence-corrected chi connectivity index (χ4v) is 2.46. The van der Waals surface area contributed by atoms with Gasteiger partial charge in [-0.3, -0.25) is 0 Å². The van der Waals surface area contributed by atoms with Crippen molar-refractivity contribution in [3.63, 3.8) is 0 Å². The van der Waals surface area contributed by atoms with E-state index >= 15 is 0 Å². The van der Waals surface area contributed by atoms with Crippen LogP contribution in [0.1, 0.15) is 39.0 Å². The maximum atomic E-state index is 11.8. The Kier molecular flexibility index (Phi) is 4.53. The summed E-state index contributed by atoms with van der Waals surface area (Å²) in [4.78, 5) is 22.6. The van der Waals surface area contributed by atoms with Crippen molar-refractivity contribution in [2.45, 2.75) is 45.1 Å². The second-order valence-electron chi connectivity index (χ2n) is 4.87. The molecule has 0 bridgehead atoms. The highest BCUT2D eigenvalue weighted by Gasteiger charge is 2.35. The Bertz CT molecular complexity index is 355. The van der Waals surface area contributed by atoms with E-state index in [0.717, 1.165) is 24.7 Å². The first-order valence-corrected chi connectivity index (χ1v) is 6.69. The van der Waals surface area contributed by atoms with Gasteiger partial charge in [0, 0.05) is 12.0 Å². The van der Waals surface area contributed by atoms with Gasteiger partial charge in [-0.1, -0.05) is 5.57 Å². The second-order valence-corrected chi connectivity index (χ2v) is 4.87. The molecule has 0 spiro atoms. The third kappa shape index (κ3) is 3.19. The third-order valence-corrected chi connectivity index (χ3v) is 3.57. The van der Waals surface area contributed by atoms with Gasteiger partial charge >= 0.3 is 5.97 Å². The van der Waals surface area contributed by atoms with Crippen LogP contribution >= 0.6 is 0 Å². The van der Waals surface area contributed by atoms with Gasteiger partial charge in [-0.2, -0.15) is 0 Å². The normalized spacial score (nSPS) is 26.6. The lowest BCUT2D eigenvalue weighted by molar-refractivity contribution is -0.139. The number of esters is 1. The Labute approximate surface area is 107 Å². The van der Waals surface area contributed by atoms with Gasteiger partial charge in [-0.05, 0) is 38.5 Å². The van der Waals surface area contributed by atoms with Crippen LogP contribution in [0, 0.1) is 5.92 Å². The van der Waals surface area contributed by atoms with E-state index in [1.165, 1.54) is 12.8 Å². The van der Waals surface area contributed by atoms with Crippen molar-refractivity contribution in [2.24, 2.45) is 5.92 Å². The molecule has 1 aliphatic heterocycles. The zero-order valence-corrected chi connectivity index (χ0v) is 10.8. The molecule has 0 aromatic heterocycles. The van der Waals surface area contributed by atoms with Crippen LogP contribution in [0.2, 0.25) is 0 Å². The summed E-state index contributed by atoms with van der Waals surface area (Å²) in [5, 5.41) is 0. The first-order chi connectivity index (χ1) is 8.76. The fraction of sp³-hybridized carbons (Fsp3) is 0.714. The highest BCUT2D eigenvalue weighted by atomic mass is 16.5. The number of hydrogen-bond donors (Lipinski definition) is 0. The van der Waals surface area contributed by atoms with Crippen molar-refractivity contribution in [2.75, 3.05) is 13.2 Å². The van der Waals surface area contributed by atoms with Gasteiger partial charge in [0.2, 0.25) is 0 Å². The van der Waals surface area contributed by atoms with E-state index in [9.17, 15) is 9.59 Å². The molecule has 4 heteroatoms. The molecular weight excluding hydrogens is 232 g/mol. The molecule has 4 nitrogen and oxygen atoms in total. The number of ether oxygens (including phenoxy) is 2. The van der Waals surface area contributed by atoms with Crippen LogP contribution in [0.25, 0.3) is 0 Å². The molecule has 2 aliphatic rings. The van der Waals surface area contributed by atoms with E-state index in [1.54, 1.807) is 6.92 Å². The van der Waals surface area contributed by atoms with E-state index in [4.69, 9.17) is 9.47 Å². The van der Waals surface area contributed by atoms with Crippen molar-refractivity contribution in [3.05, 3.63) is 11.1 Å². The molecule has 100 valence electrons. The van der Waals surface area contributed by atoms with Gasteiger partial charge in [0.1, 0.15) is 6.29 Å². The summed E-state index contributed by atoms with van der Waals surface area (Å²) >= 11 is 0. The Hall–Kier alpha value is -1.16. The topological polar surface area (TPSA) is 52.6 Å². The average Bonchev–Trinajstić information content (AvgIpc) is 3.20. The molecule has 1 heterocycles. The van der Waals surface area contributed by atoms with Crippen LogP contribution < -0.4 is 0 Å². The molecule has 0 unspecified atom stereocenters. The van der Waals surface area contributed by atoms with Gasteiger partial charge in [-0.15, -0.1) is 0 Å². The van der Waals surface area contributed by atoms with E-state index in [0.29, 0.717) is 24.7 Å². The van der Waals surface area contributed by atoms with E-state index in [2.05, 4.69) is 0 Å². The minimum atomic E-state index is -0.337. The number of rotatable bonds is 5. The van der Waals surface area contributed by atoms with E-state index < -0.39 is 0 Å². The zero-order chi connectivity index (χ0) is 13.0. The second kappa shape index (κ2) is 6.14. The summed E-state index contributed by atoms with van der Waals surface area (Å²) in [7, 11) is 0. The maximum Gasteiger partial charge on any atom is 0.334 e. The Morgan fingerprint density at radius 3 is 2.89 bits per heavy atom. The molecule has 2 fully saturated rings. The minimum Gasteiger partial charge on any atom is -0.463 e. The summed E-state index contributed by atoms with van der Waals surface area (Å²) in [6.07, 6.45) is 5.15. The number of carbonyl (C=O) groups excluding carboxylic acids is 2. The summed E-state index contributed by atoms with van der Waals surface area (Å²) in [6, 6.07) is 0. The van der Waals surface area contributed by atoms with Crippen molar-refractivity contribution in [1.82, 2.24) is 0 Å². The molecule has 2 rings (SSSR count). The lowest BCUT2D eigenvalue weighted by Gasteiger charge is -2.26. The van der Waals surface area contributed by atoms with Crippen LogP contribution in [-0.2, 0) is 19.1 Å². The predicted molar refractivity (Wildman–Crippen MR) is 66.0 cm³/mol. The number of carbonyl (C=O) groups is 2. The lowest BCUT2D eigenvalue weighted by Crippen LogP contribution is -2.25. The van der Waals surface area contributed by atoms with Gasteiger partial charge in [0.25, 0.3) is 0 Å². The van der Waals surface area contributed by atoms with E-state index in [-0.39, 0.29) is 18.5 Å². The van der Waals surface area contributed by atoms with Gasteiger partial charge in [0.05, 0.1) is 19.3 Å². The van der Waals surface area contributed by atoms with Gasteiger partial charge in [-0.25, -0.2) is 4.79 Å². The summed E-state index contributed by atoms with van der Waals surface area (Å²) in [5.74, 6) is 0.316. The molecule has 0 amide bonds. The van der Waals surface area contributed by atoms with Crippen LogP contribution in [0.15, 0.2) is 11.1 Å². The molecule has 1 saturated carbocycles. The largest absolute Gasteiger partial charge is 0.463 e. The van der Waals surface area contributed by atoms with E-state index in [1.807, 2.05) is 0 Å². The molecule has 0 aromatic rings. The highest BCUT2D eigenvalue weighted by molar-refractivity contribution is 5.92. The fourth-order valence-electron chi connectivity index (χ4n) is 2.46. The molecule has 1 atom stereocenters. The highest BCUT2D eigenvalue weighted by Crippen LogP contribution is 2.40. The predicted octanol–water partition coefficient (Wildman–Crippen LogP) is 2.02. The Morgan fingerprint density at radius 2 is 2.28 bits per heavy atom. The van der Waals surface area contributed by atoms with Crippen LogP contribution in [0.5, 0.6) is 0 Å². The maximum absolute atomic E-state index is 11.8. The SMILES string of the molecule is CCOC(=O)/C(CC=O)=C1\CCO[C@H](C2CC2)C1. The molecule has 0 aromatic carbocycles. The standard InChI is InChI=1S/C14H20O4/c1-2-17-14(16)12(5-7-15)11-6-8-18-13(9-11)10-3-4-10/h7,10,13H,2-6,8-9H2,1H3/b12-11+/t13-/m0/s1. The number of aldehydes is 1. The lowest BCUT2D eigenvalue weighted by atomic mass is 9.93. The molecule has 18 heavy (non-hydrogen) atoms. The van der Waals surface area contributed by atoms with Gasteiger partial charge in [0.15, 0.2) is 0 Å². The Morgan fingerprint density at radius 1 is 1.50 bits per heavy atom. The van der Waals surface area contributed by atoms with Crippen LogP contribution in [0.3, 0.4) is 0 Å². The van der Waals surface area contributed by atoms with Crippen molar-refractivity contribution < 1.29 is 19.1 Å². The van der Waals surface area contributed by atoms with Gasteiger partial charge < -0.3 is 14.3 Å². The molecule has 0 radical (unpaired) electrons. The van der Waals surface area contributed by atoms with Crippen molar-refractivity contribution >= 4 is 12.3 Å². The number of hydrogen-bond acceptors (Lipinski definition) is 4. The zero-order valence-electron chi connectivity index (χ0n) is 10.8. The first kappa shape index (κ1) is 13.3. The first-order valence-electron chi connectivity index (χ1n) is 6.69. The quantitative estimate of drug-likeness (QED) is 0.427. The molecule has 1 aliphatic carbocycles.